The van der Waals surface area contributed by atoms with Crippen molar-refractivity contribution in [2.75, 3.05) is 18.2 Å². The van der Waals surface area contributed by atoms with Crippen LogP contribution in [-0.4, -0.2) is 28.5 Å². The van der Waals surface area contributed by atoms with Crippen LogP contribution in [0.2, 0.25) is 0 Å². The summed E-state index contributed by atoms with van der Waals surface area (Å²) >= 11 is 1.34. The predicted octanol–water partition coefficient (Wildman–Crippen LogP) is 2.68. The summed E-state index contributed by atoms with van der Waals surface area (Å²) in [5, 5.41) is 3.62. The number of hydrogen-bond donors (Lipinski definition) is 2. The first-order valence-electron chi connectivity index (χ1n) is 6.70. The number of imidazole rings is 1. The predicted molar refractivity (Wildman–Crippen MR) is 96.0 cm³/mol. The van der Waals surface area contributed by atoms with E-state index in [9.17, 15) is 9.59 Å². The zero-order chi connectivity index (χ0) is 16.6. The fourth-order valence-corrected chi connectivity index (χ4v) is 3.17. The topological polar surface area (TPSA) is 99.2 Å². The van der Waals surface area contributed by atoms with Crippen LogP contribution in [-0.2, 0) is 11.8 Å². The van der Waals surface area contributed by atoms with Gasteiger partial charge in [0.25, 0.3) is 5.91 Å². The van der Waals surface area contributed by atoms with Gasteiger partial charge in [-0.15, -0.1) is 23.7 Å². The van der Waals surface area contributed by atoms with E-state index in [0.29, 0.717) is 10.6 Å². The van der Waals surface area contributed by atoms with Crippen LogP contribution in [0.5, 0.6) is 0 Å². The SMILES string of the molecule is COC(=O)c1cc2cc(NC(=O)c3nc(N)cn3C)ccc2s1.Cl. The van der Waals surface area contributed by atoms with E-state index in [2.05, 4.69) is 10.3 Å². The number of esters is 1. The van der Waals surface area contributed by atoms with Crippen LogP contribution in [0.3, 0.4) is 0 Å². The lowest BCUT2D eigenvalue weighted by Crippen LogP contribution is -2.16. The van der Waals surface area contributed by atoms with Crippen molar-refractivity contribution in [2.24, 2.45) is 7.05 Å². The average Bonchev–Trinajstić information content (AvgIpc) is 3.08. The van der Waals surface area contributed by atoms with Crippen molar-refractivity contribution in [1.29, 1.82) is 0 Å². The number of carbonyl (C=O) groups excluding carboxylic acids is 2. The van der Waals surface area contributed by atoms with Gasteiger partial charge >= 0.3 is 5.97 Å². The Hall–Kier alpha value is -2.58. The van der Waals surface area contributed by atoms with E-state index < -0.39 is 0 Å². The second-order valence-corrected chi connectivity index (χ2v) is 5.99. The quantitative estimate of drug-likeness (QED) is 0.694. The van der Waals surface area contributed by atoms with Crippen molar-refractivity contribution >= 4 is 57.2 Å². The number of ether oxygens (including phenoxy) is 1. The summed E-state index contributed by atoms with van der Waals surface area (Å²) in [6, 6.07) is 7.14. The Balaban J connectivity index is 0.00000208. The minimum absolute atomic E-state index is 0. The molecule has 9 heteroatoms. The number of rotatable bonds is 3. The summed E-state index contributed by atoms with van der Waals surface area (Å²) in [6.07, 6.45) is 1.57. The van der Waals surface area contributed by atoms with Crippen LogP contribution < -0.4 is 11.1 Å². The molecule has 0 spiro atoms. The van der Waals surface area contributed by atoms with Gasteiger partial charge in [0.05, 0.1) is 7.11 Å². The third kappa shape index (κ3) is 3.34. The lowest BCUT2D eigenvalue weighted by molar-refractivity contribution is 0.0606. The number of halogens is 1. The van der Waals surface area contributed by atoms with Gasteiger partial charge in [-0.3, -0.25) is 4.79 Å². The van der Waals surface area contributed by atoms with Crippen molar-refractivity contribution in [3.05, 3.63) is 41.2 Å². The molecule has 7 nitrogen and oxygen atoms in total. The molecule has 3 N–H and O–H groups in total. The number of nitrogen functional groups attached to an aromatic ring is 1. The molecule has 24 heavy (non-hydrogen) atoms. The number of benzene rings is 1. The molecule has 0 saturated carbocycles. The minimum Gasteiger partial charge on any atom is -0.465 e. The fraction of sp³-hybridized carbons (Fsp3) is 0.133. The van der Waals surface area contributed by atoms with E-state index in [1.54, 1.807) is 36.0 Å². The maximum Gasteiger partial charge on any atom is 0.348 e. The third-order valence-electron chi connectivity index (χ3n) is 3.26. The van der Waals surface area contributed by atoms with E-state index in [1.807, 2.05) is 6.07 Å². The van der Waals surface area contributed by atoms with Crippen molar-refractivity contribution in [1.82, 2.24) is 9.55 Å². The van der Waals surface area contributed by atoms with E-state index in [-0.39, 0.29) is 35.9 Å². The molecule has 0 unspecified atom stereocenters. The molecule has 0 saturated heterocycles. The molecular formula is C15H15ClN4O3S. The lowest BCUT2D eigenvalue weighted by atomic mass is 10.2. The number of amides is 1. The van der Waals surface area contributed by atoms with Crippen molar-refractivity contribution in [2.45, 2.75) is 0 Å². The Morgan fingerprint density at radius 1 is 1.33 bits per heavy atom. The molecule has 0 fully saturated rings. The van der Waals surface area contributed by atoms with E-state index >= 15 is 0 Å². The molecule has 0 aliphatic rings. The van der Waals surface area contributed by atoms with Gasteiger partial charge in [0.1, 0.15) is 10.7 Å². The van der Waals surface area contributed by atoms with Gasteiger partial charge in [-0.2, -0.15) is 0 Å². The number of anilines is 2. The molecule has 0 radical (unpaired) electrons. The second kappa shape index (κ2) is 6.90. The zero-order valence-electron chi connectivity index (χ0n) is 12.9. The van der Waals surface area contributed by atoms with E-state index in [0.717, 1.165) is 10.1 Å². The number of fused-ring (bicyclic) bond motifs is 1. The number of nitrogens with one attached hydrogen (secondary N) is 1. The highest BCUT2D eigenvalue weighted by Gasteiger charge is 2.14. The van der Waals surface area contributed by atoms with Gasteiger partial charge in [-0.1, -0.05) is 0 Å². The maximum absolute atomic E-state index is 12.2. The normalized spacial score (nSPS) is 10.2. The summed E-state index contributed by atoms with van der Waals surface area (Å²) in [5.74, 6) is -0.218. The molecule has 0 aliphatic heterocycles. The van der Waals surface area contributed by atoms with Crippen LogP contribution in [0.15, 0.2) is 30.5 Å². The first kappa shape index (κ1) is 17.8. The number of aromatic nitrogens is 2. The monoisotopic (exact) mass is 366 g/mol. The number of thiophene rings is 1. The maximum atomic E-state index is 12.2. The first-order chi connectivity index (χ1) is 11.0. The molecule has 1 aromatic carbocycles. The molecular weight excluding hydrogens is 352 g/mol. The summed E-state index contributed by atoms with van der Waals surface area (Å²) in [7, 11) is 3.04. The highest BCUT2D eigenvalue weighted by atomic mass is 35.5. The van der Waals surface area contributed by atoms with Gasteiger partial charge in [-0.25, -0.2) is 9.78 Å². The Morgan fingerprint density at radius 3 is 2.71 bits per heavy atom. The molecule has 2 aromatic heterocycles. The zero-order valence-corrected chi connectivity index (χ0v) is 14.5. The highest BCUT2D eigenvalue weighted by Crippen LogP contribution is 2.28. The van der Waals surface area contributed by atoms with Gasteiger partial charge < -0.3 is 20.4 Å². The minimum atomic E-state index is -0.375. The lowest BCUT2D eigenvalue weighted by Gasteiger charge is -2.05. The van der Waals surface area contributed by atoms with Crippen LogP contribution in [0.4, 0.5) is 11.5 Å². The molecule has 1 amide bonds. The van der Waals surface area contributed by atoms with Crippen LogP contribution >= 0.6 is 23.7 Å². The molecule has 126 valence electrons. The van der Waals surface area contributed by atoms with Crippen LogP contribution in [0, 0.1) is 0 Å². The van der Waals surface area contributed by atoms with Crippen molar-refractivity contribution < 1.29 is 14.3 Å². The fourth-order valence-electron chi connectivity index (χ4n) is 2.21. The molecule has 3 rings (SSSR count). The van der Waals surface area contributed by atoms with Crippen molar-refractivity contribution in [3.63, 3.8) is 0 Å². The summed E-state index contributed by atoms with van der Waals surface area (Å²) in [6.45, 7) is 0. The number of aryl methyl sites for hydroxylation is 1. The van der Waals surface area contributed by atoms with Gasteiger partial charge in [0.2, 0.25) is 5.82 Å². The Bertz CT molecular complexity index is 919. The van der Waals surface area contributed by atoms with Crippen molar-refractivity contribution in [3.8, 4) is 0 Å². The molecule has 2 heterocycles. The van der Waals surface area contributed by atoms with Gasteiger partial charge in [0.15, 0.2) is 0 Å². The van der Waals surface area contributed by atoms with E-state index in [1.165, 1.54) is 18.4 Å². The third-order valence-corrected chi connectivity index (χ3v) is 4.35. The largest absolute Gasteiger partial charge is 0.465 e. The van der Waals surface area contributed by atoms with Crippen LogP contribution in [0.1, 0.15) is 20.3 Å². The summed E-state index contributed by atoms with van der Waals surface area (Å²) in [4.78, 5) is 28.3. The number of methoxy groups -OCH3 is 1. The Labute approximate surface area is 147 Å². The van der Waals surface area contributed by atoms with Gasteiger partial charge in [-0.05, 0) is 29.7 Å². The number of carbonyl (C=O) groups is 2. The van der Waals surface area contributed by atoms with Crippen LogP contribution in [0.25, 0.3) is 10.1 Å². The standard InChI is InChI=1S/C15H14N4O3S.ClH/c1-19-7-12(16)18-13(19)14(20)17-9-3-4-10-8(5-9)6-11(23-10)15(21)22-2;/h3-7H,16H2,1-2H3,(H,17,20);1H. The average molecular weight is 367 g/mol. The molecule has 0 bridgehead atoms. The Kier molecular flexibility index (Phi) is 5.10. The summed E-state index contributed by atoms with van der Waals surface area (Å²) in [5.41, 5.74) is 6.18. The molecule has 0 atom stereocenters. The molecule has 3 aromatic rings. The van der Waals surface area contributed by atoms with E-state index in [4.69, 9.17) is 10.5 Å². The highest BCUT2D eigenvalue weighted by molar-refractivity contribution is 7.20. The first-order valence-corrected chi connectivity index (χ1v) is 7.51. The second-order valence-electron chi connectivity index (χ2n) is 4.91. The summed E-state index contributed by atoms with van der Waals surface area (Å²) < 4.78 is 7.21. The smallest absolute Gasteiger partial charge is 0.348 e. The molecule has 0 aliphatic carbocycles. The van der Waals surface area contributed by atoms with Gasteiger partial charge in [0, 0.05) is 23.6 Å². The Morgan fingerprint density at radius 2 is 2.08 bits per heavy atom. The number of nitrogens with two attached hydrogens (primary N) is 1. The number of nitrogens with zero attached hydrogens (tertiary/aromatic N) is 2. The number of hydrogen-bond acceptors (Lipinski definition) is 6.